The molecule has 5 nitrogen and oxygen atoms in total. The van der Waals surface area contributed by atoms with Crippen LogP contribution in [0.1, 0.15) is 27.0 Å². The number of esters is 1. The van der Waals surface area contributed by atoms with Crippen LogP contribution in [0.15, 0.2) is 72.8 Å². The summed E-state index contributed by atoms with van der Waals surface area (Å²) in [5.74, 6) is -1.24. The van der Waals surface area contributed by atoms with Gasteiger partial charge >= 0.3 is 12.1 Å². The molecule has 32 heavy (non-hydrogen) atoms. The Kier molecular flexibility index (Phi) is 7.14. The maximum absolute atomic E-state index is 12.9. The van der Waals surface area contributed by atoms with E-state index >= 15 is 0 Å². The third kappa shape index (κ3) is 6.34. The molecule has 0 saturated heterocycles. The number of alkyl halides is 3. The van der Waals surface area contributed by atoms with Crippen molar-refractivity contribution in [3.8, 4) is 0 Å². The molecule has 0 atom stereocenters. The van der Waals surface area contributed by atoms with Crippen LogP contribution in [0.4, 0.5) is 24.5 Å². The topological polar surface area (TPSA) is 67.4 Å². The molecule has 0 saturated carbocycles. The van der Waals surface area contributed by atoms with E-state index < -0.39 is 30.2 Å². The number of benzene rings is 3. The highest BCUT2D eigenvalue weighted by Crippen LogP contribution is 2.32. The van der Waals surface area contributed by atoms with Gasteiger partial charge in [0, 0.05) is 12.2 Å². The maximum Gasteiger partial charge on any atom is 0.416 e. The molecule has 0 aliphatic carbocycles. The van der Waals surface area contributed by atoms with E-state index in [1.54, 1.807) is 12.1 Å². The van der Waals surface area contributed by atoms with Crippen molar-refractivity contribution in [1.29, 1.82) is 0 Å². The average Bonchev–Trinajstić information content (AvgIpc) is 2.77. The molecule has 0 bridgehead atoms. The fourth-order valence-electron chi connectivity index (χ4n) is 2.87. The minimum Gasteiger partial charge on any atom is -0.452 e. The van der Waals surface area contributed by atoms with Gasteiger partial charge in [-0.3, -0.25) is 4.79 Å². The third-order valence-corrected chi connectivity index (χ3v) is 4.56. The van der Waals surface area contributed by atoms with Gasteiger partial charge in [-0.2, -0.15) is 13.2 Å². The van der Waals surface area contributed by atoms with E-state index in [2.05, 4.69) is 10.6 Å². The molecule has 166 valence electrons. The van der Waals surface area contributed by atoms with Gasteiger partial charge in [0.2, 0.25) is 0 Å². The monoisotopic (exact) mass is 442 g/mol. The molecule has 0 heterocycles. The van der Waals surface area contributed by atoms with Gasteiger partial charge in [-0.05, 0) is 42.8 Å². The summed E-state index contributed by atoms with van der Waals surface area (Å²) in [6, 6.07) is 18.5. The van der Waals surface area contributed by atoms with Crippen LogP contribution in [-0.4, -0.2) is 18.5 Å². The van der Waals surface area contributed by atoms with Gasteiger partial charge in [-0.15, -0.1) is 0 Å². The van der Waals surface area contributed by atoms with E-state index in [0.717, 1.165) is 23.3 Å². The standard InChI is InChI=1S/C24H21F3N2O3/c1-16-9-11-17(12-10-16)14-28-22(30)15-32-23(31)20-7-2-3-8-21(20)29-19-6-4-5-18(13-19)24(25,26)27/h2-13,29H,14-15H2,1H3,(H,28,30). The van der Waals surface area contributed by atoms with Crippen molar-refractivity contribution in [1.82, 2.24) is 5.32 Å². The number of amides is 1. The molecule has 3 rings (SSSR count). The quantitative estimate of drug-likeness (QED) is 0.492. The summed E-state index contributed by atoms with van der Waals surface area (Å²) in [6.07, 6.45) is -4.48. The SMILES string of the molecule is Cc1ccc(CNC(=O)COC(=O)c2ccccc2Nc2cccc(C(F)(F)F)c2)cc1. The Balaban J connectivity index is 1.60. The predicted octanol–water partition coefficient (Wildman–Crippen LogP) is 5.23. The highest BCUT2D eigenvalue weighted by molar-refractivity contribution is 5.97. The van der Waals surface area contributed by atoms with Gasteiger partial charge in [-0.25, -0.2) is 4.79 Å². The van der Waals surface area contributed by atoms with E-state index in [1.807, 2.05) is 31.2 Å². The smallest absolute Gasteiger partial charge is 0.416 e. The molecule has 3 aromatic rings. The van der Waals surface area contributed by atoms with E-state index in [1.165, 1.54) is 24.3 Å². The van der Waals surface area contributed by atoms with Gasteiger partial charge in [0.1, 0.15) is 0 Å². The van der Waals surface area contributed by atoms with Crippen LogP contribution >= 0.6 is 0 Å². The number of para-hydroxylation sites is 1. The fourth-order valence-corrected chi connectivity index (χ4v) is 2.87. The zero-order chi connectivity index (χ0) is 23.1. The predicted molar refractivity (Wildman–Crippen MR) is 114 cm³/mol. The second-order valence-corrected chi connectivity index (χ2v) is 7.09. The number of carbonyl (C=O) groups is 2. The molecule has 0 aliphatic heterocycles. The molecule has 0 spiro atoms. The molecule has 0 unspecified atom stereocenters. The van der Waals surface area contributed by atoms with Crippen LogP contribution in [0.25, 0.3) is 0 Å². The van der Waals surface area contributed by atoms with E-state index in [-0.39, 0.29) is 16.9 Å². The summed E-state index contributed by atoms with van der Waals surface area (Å²) in [4.78, 5) is 24.5. The van der Waals surface area contributed by atoms with Crippen molar-refractivity contribution in [2.75, 3.05) is 11.9 Å². The first kappa shape index (κ1) is 22.9. The number of ether oxygens (including phenoxy) is 1. The lowest BCUT2D eigenvalue weighted by atomic mass is 10.1. The third-order valence-electron chi connectivity index (χ3n) is 4.56. The molecule has 2 N–H and O–H groups in total. The molecule has 0 aliphatic rings. The molecule has 0 radical (unpaired) electrons. The summed E-state index contributed by atoms with van der Waals surface area (Å²) in [6.45, 7) is 1.77. The van der Waals surface area contributed by atoms with Crippen molar-refractivity contribution < 1.29 is 27.5 Å². The second kappa shape index (κ2) is 10.00. The average molecular weight is 442 g/mol. The number of anilines is 2. The van der Waals surface area contributed by atoms with Gasteiger partial charge < -0.3 is 15.4 Å². The largest absolute Gasteiger partial charge is 0.452 e. The van der Waals surface area contributed by atoms with Gasteiger partial charge in [0.15, 0.2) is 6.61 Å². The van der Waals surface area contributed by atoms with Crippen LogP contribution in [0.3, 0.4) is 0 Å². The number of carbonyl (C=O) groups excluding carboxylic acids is 2. The minimum atomic E-state index is -4.48. The maximum atomic E-state index is 12.9. The molecule has 0 aromatic heterocycles. The number of nitrogens with one attached hydrogen (secondary N) is 2. The highest BCUT2D eigenvalue weighted by Gasteiger charge is 2.30. The summed E-state index contributed by atoms with van der Waals surface area (Å²) in [7, 11) is 0. The first-order valence-electron chi connectivity index (χ1n) is 9.75. The van der Waals surface area contributed by atoms with Crippen molar-refractivity contribution in [2.24, 2.45) is 0 Å². The normalized spacial score (nSPS) is 11.0. The number of aryl methyl sites for hydroxylation is 1. The fraction of sp³-hybridized carbons (Fsp3) is 0.167. The lowest BCUT2D eigenvalue weighted by Gasteiger charge is -2.13. The molecular weight excluding hydrogens is 421 g/mol. The Bertz CT molecular complexity index is 1100. The zero-order valence-corrected chi connectivity index (χ0v) is 17.2. The lowest BCUT2D eigenvalue weighted by Crippen LogP contribution is -2.28. The van der Waals surface area contributed by atoms with Crippen LogP contribution in [-0.2, 0) is 22.3 Å². The van der Waals surface area contributed by atoms with Crippen LogP contribution in [0.2, 0.25) is 0 Å². The van der Waals surface area contributed by atoms with Crippen LogP contribution in [0.5, 0.6) is 0 Å². The first-order chi connectivity index (χ1) is 15.2. The van der Waals surface area contributed by atoms with Crippen LogP contribution < -0.4 is 10.6 Å². The molecule has 0 fully saturated rings. The summed E-state index contributed by atoms with van der Waals surface area (Å²) < 4.78 is 43.9. The number of hydrogen-bond acceptors (Lipinski definition) is 4. The van der Waals surface area contributed by atoms with Crippen molar-refractivity contribution in [2.45, 2.75) is 19.6 Å². The highest BCUT2D eigenvalue weighted by atomic mass is 19.4. The lowest BCUT2D eigenvalue weighted by molar-refractivity contribution is -0.137. The Hall–Kier alpha value is -3.81. The summed E-state index contributed by atoms with van der Waals surface area (Å²) >= 11 is 0. The number of halogens is 3. The van der Waals surface area contributed by atoms with Gasteiger partial charge in [-0.1, -0.05) is 48.0 Å². The molecule has 3 aromatic carbocycles. The number of hydrogen-bond donors (Lipinski definition) is 2. The van der Waals surface area contributed by atoms with Crippen molar-refractivity contribution >= 4 is 23.3 Å². The van der Waals surface area contributed by atoms with Gasteiger partial charge in [0.25, 0.3) is 5.91 Å². The van der Waals surface area contributed by atoms with E-state index in [0.29, 0.717) is 6.54 Å². The first-order valence-corrected chi connectivity index (χ1v) is 9.75. The Morgan fingerprint density at radius 2 is 1.66 bits per heavy atom. The summed E-state index contributed by atoms with van der Waals surface area (Å²) in [5.41, 5.74) is 1.72. The molecular formula is C24H21F3N2O3. The Morgan fingerprint density at radius 1 is 0.938 bits per heavy atom. The molecule has 8 heteroatoms. The zero-order valence-electron chi connectivity index (χ0n) is 17.2. The van der Waals surface area contributed by atoms with Gasteiger partial charge in [0.05, 0.1) is 16.8 Å². The Labute approximate surface area is 183 Å². The van der Waals surface area contributed by atoms with E-state index in [9.17, 15) is 22.8 Å². The number of rotatable bonds is 7. The minimum absolute atomic E-state index is 0.0937. The second-order valence-electron chi connectivity index (χ2n) is 7.09. The van der Waals surface area contributed by atoms with Crippen LogP contribution in [0, 0.1) is 6.92 Å². The van der Waals surface area contributed by atoms with Crippen molar-refractivity contribution in [3.05, 3.63) is 95.1 Å². The van der Waals surface area contributed by atoms with Crippen molar-refractivity contribution in [3.63, 3.8) is 0 Å². The molecule has 1 amide bonds. The Morgan fingerprint density at radius 3 is 2.38 bits per heavy atom. The van der Waals surface area contributed by atoms with E-state index in [4.69, 9.17) is 4.74 Å². The summed E-state index contributed by atoms with van der Waals surface area (Å²) in [5, 5.41) is 5.47.